The fourth-order valence-electron chi connectivity index (χ4n) is 6.38. The molecular weight excluding hydrogens is 626 g/mol. The van der Waals surface area contributed by atoms with E-state index in [1.807, 2.05) is 44.2 Å². The van der Waals surface area contributed by atoms with Crippen LogP contribution in [0.25, 0.3) is 0 Å². The Labute approximate surface area is 277 Å². The van der Waals surface area contributed by atoms with Crippen LogP contribution < -0.4 is 11.1 Å². The number of anilines is 1. The molecule has 2 heterocycles. The molecule has 5 N–H and O–H groups in total. The number of sulfonamides is 1. The average molecular weight is 676 g/mol. The van der Waals surface area contributed by atoms with Crippen molar-refractivity contribution in [3.8, 4) is 0 Å². The average Bonchev–Trinajstić information content (AvgIpc) is 3.64. The van der Waals surface area contributed by atoms with Crippen LogP contribution >= 0.6 is 0 Å². The van der Waals surface area contributed by atoms with Crippen molar-refractivity contribution in [3.05, 3.63) is 60.2 Å². The lowest BCUT2D eigenvalue weighted by Crippen LogP contribution is -2.58. The smallest absolute Gasteiger partial charge is 0.407 e. The number of hydrogen-bond acceptors (Lipinski definition) is 8. The van der Waals surface area contributed by atoms with Gasteiger partial charge in [0.1, 0.15) is 0 Å². The van der Waals surface area contributed by atoms with Crippen LogP contribution in [0.2, 0.25) is 0 Å². The van der Waals surface area contributed by atoms with Crippen molar-refractivity contribution in [2.24, 2.45) is 11.3 Å². The molecule has 2 aliphatic heterocycles. The molecule has 2 fully saturated rings. The van der Waals surface area contributed by atoms with E-state index in [4.69, 9.17) is 15.2 Å². The lowest BCUT2D eigenvalue weighted by atomic mass is 9.87. The Balaban J connectivity index is 1.64. The third-order valence-corrected chi connectivity index (χ3v) is 10.7. The summed E-state index contributed by atoms with van der Waals surface area (Å²) >= 11 is 0. The molecule has 14 heteroatoms. The number of urea groups is 1. The molecular formula is C33H49N5O8S. The molecule has 2 aliphatic rings. The zero-order valence-electron chi connectivity index (χ0n) is 27.6. The minimum absolute atomic E-state index is 0.0118. The summed E-state index contributed by atoms with van der Waals surface area (Å²) in [6.07, 6.45) is -1.18. The van der Waals surface area contributed by atoms with Crippen molar-refractivity contribution >= 4 is 27.8 Å². The fraction of sp³-hybridized carbons (Fsp3) is 0.576. The summed E-state index contributed by atoms with van der Waals surface area (Å²) in [6.45, 7) is 4.52. The lowest BCUT2D eigenvalue weighted by molar-refractivity contribution is -0.0906. The maximum Gasteiger partial charge on any atom is 0.407 e. The molecule has 0 spiro atoms. The standard InChI is InChI=1S/C33H49N5O8S/c1-33(2,16-8-17-35-31(40)36(3)4)22-37(47(43,44)25-13-11-24(34)12-14-25)20-29(39)27(19-23-9-6-5-7-10-23)38(32(41)42)28-21-46-30-26(28)15-18-45-30/h5-7,9-14,26-30,39H,8,15-22,34H2,1-4H3,(H,35,40)(H,41,42)/t26-,27-,28-,29+,30+/m0/s1. The Morgan fingerprint density at radius 2 is 1.77 bits per heavy atom. The normalized spacial score (nSPS) is 20.9. The number of ether oxygens (including phenoxy) is 2. The molecule has 13 nitrogen and oxygen atoms in total. The molecule has 0 radical (unpaired) electrons. The van der Waals surface area contributed by atoms with Crippen LogP contribution in [0, 0.1) is 11.3 Å². The summed E-state index contributed by atoms with van der Waals surface area (Å²) in [5, 5.41) is 25.4. The third-order valence-electron chi connectivity index (χ3n) is 8.90. The monoisotopic (exact) mass is 675 g/mol. The summed E-state index contributed by atoms with van der Waals surface area (Å²) in [7, 11) is -0.849. The first-order chi connectivity index (χ1) is 22.2. The molecule has 47 heavy (non-hydrogen) atoms. The molecule has 0 aromatic heterocycles. The minimum atomic E-state index is -4.16. The van der Waals surface area contributed by atoms with Crippen LogP contribution in [0.3, 0.4) is 0 Å². The van der Waals surface area contributed by atoms with Gasteiger partial charge >= 0.3 is 12.1 Å². The minimum Gasteiger partial charge on any atom is -0.465 e. The van der Waals surface area contributed by atoms with Crippen LogP contribution in [-0.2, 0) is 25.9 Å². The number of amides is 3. The number of nitrogens with two attached hydrogens (primary N) is 1. The SMILES string of the molecule is CN(C)C(=O)NCCCC(C)(C)CN(C[C@@H](O)[C@H](Cc1ccccc1)N(C(=O)O)[C@H]1CO[C@H]2OCC[C@H]21)S(=O)(=O)c1ccc(N)cc1. The van der Waals surface area contributed by atoms with Crippen LogP contribution in [0.5, 0.6) is 0 Å². The van der Waals surface area contributed by atoms with Gasteiger partial charge in [-0.05, 0) is 60.9 Å². The fourth-order valence-corrected chi connectivity index (χ4v) is 8.02. The molecule has 0 bridgehead atoms. The van der Waals surface area contributed by atoms with E-state index in [2.05, 4.69) is 5.32 Å². The summed E-state index contributed by atoms with van der Waals surface area (Å²) < 4.78 is 41.1. The number of carbonyl (C=O) groups is 2. The molecule has 3 amide bonds. The van der Waals surface area contributed by atoms with Gasteiger partial charge in [0.2, 0.25) is 10.0 Å². The Bertz CT molecular complexity index is 1440. The molecule has 0 saturated carbocycles. The number of nitrogens with zero attached hydrogens (tertiary/aromatic N) is 3. The van der Waals surface area contributed by atoms with E-state index < -0.39 is 46.0 Å². The van der Waals surface area contributed by atoms with Gasteiger partial charge in [-0.2, -0.15) is 4.31 Å². The van der Waals surface area contributed by atoms with Gasteiger partial charge in [0.25, 0.3) is 0 Å². The summed E-state index contributed by atoms with van der Waals surface area (Å²) in [5.41, 5.74) is 6.48. The van der Waals surface area contributed by atoms with Gasteiger partial charge in [0.15, 0.2) is 6.29 Å². The highest BCUT2D eigenvalue weighted by atomic mass is 32.2. The molecule has 5 atom stereocenters. The van der Waals surface area contributed by atoms with Gasteiger partial charge in [-0.1, -0.05) is 44.2 Å². The van der Waals surface area contributed by atoms with E-state index in [1.54, 1.807) is 14.1 Å². The van der Waals surface area contributed by atoms with Crippen molar-refractivity contribution in [2.45, 2.75) is 68.9 Å². The predicted molar refractivity (Wildman–Crippen MR) is 177 cm³/mol. The van der Waals surface area contributed by atoms with Crippen LogP contribution in [0.1, 0.15) is 38.7 Å². The van der Waals surface area contributed by atoms with Crippen molar-refractivity contribution in [3.63, 3.8) is 0 Å². The first kappa shape index (κ1) is 36.4. The van der Waals surface area contributed by atoms with Gasteiger partial charge in [0.05, 0.1) is 36.3 Å². The van der Waals surface area contributed by atoms with Crippen molar-refractivity contribution in [1.29, 1.82) is 0 Å². The van der Waals surface area contributed by atoms with E-state index in [9.17, 15) is 28.2 Å². The Morgan fingerprint density at radius 1 is 1.09 bits per heavy atom. The summed E-state index contributed by atoms with van der Waals surface area (Å²) in [4.78, 5) is 27.6. The second-order valence-electron chi connectivity index (χ2n) is 13.4. The summed E-state index contributed by atoms with van der Waals surface area (Å²) in [5.74, 6) is -0.196. The number of benzene rings is 2. The van der Waals surface area contributed by atoms with Gasteiger partial charge in [0, 0.05) is 45.3 Å². The largest absolute Gasteiger partial charge is 0.465 e. The van der Waals surface area contributed by atoms with E-state index in [0.717, 1.165) is 5.56 Å². The first-order valence-electron chi connectivity index (χ1n) is 16.0. The second kappa shape index (κ2) is 15.6. The molecule has 4 rings (SSSR count). The van der Waals surface area contributed by atoms with Crippen molar-refractivity contribution < 1.29 is 37.7 Å². The second-order valence-corrected chi connectivity index (χ2v) is 15.3. The number of nitrogen functional groups attached to an aromatic ring is 1. The highest BCUT2D eigenvalue weighted by Crippen LogP contribution is 2.36. The van der Waals surface area contributed by atoms with Gasteiger partial charge in [-0.15, -0.1) is 0 Å². The van der Waals surface area contributed by atoms with Gasteiger partial charge in [-0.3, -0.25) is 4.90 Å². The highest BCUT2D eigenvalue weighted by Gasteiger charge is 2.49. The number of rotatable bonds is 15. The highest BCUT2D eigenvalue weighted by molar-refractivity contribution is 7.89. The number of carboxylic acid groups (broad SMARTS) is 1. The Hall–Kier alpha value is -3.43. The number of aliphatic hydroxyl groups excluding tert-OH is 1. The maximum absolute atomic E-state index is 14.2. The zero-order valence-corrected chi connectivity index (χ0v) is 28.4. The first-order valence-corrected chi connectivity index (χ1v) is 17.4. The van der Waals surface area contributed by atoms with Crippen molar-refractivity contribution in [2.75, 3.05) is 52.7 Å². The molecule has 0 unspecified atom stereocenters. The number of hydrogen-bond donors (Lipinski definition) is 4. The Morgan fingerprint density at radius 3 is 2.40 bits per heavy atom. The van der Waals surface area contributed by atoms with E-state index >= 15 is 0 Å². The van der Waals surface area contributed by atoms with Gasteiger partial charge < -0.3 is 35.6 Å². The van der Waals surface area contributed by atoms with E-state index in [-0.39, 0.29) is 43.0 Å². The Kier molecular flexibility index (Phi) is 12.1. The van der Waals surface area contributed by atoms with Crippen molar-refractivity contribution in [1.82, 2.24) is 19.4 Å². The number of aliphatic hydroxyl groups is 1. The predicted octanol–water partition coefficient (Wildman–Crippen LogP) is 3.05. The van der Waals surface area contributed by atoms with Crippen LogP contribution in [0.4, 0.5) is 15.3 Å². The van der Waals surface area contributed by atoms with Crippen LogP contribution in [-0.4, -0.2) is 116 Å². The third kappa shape index (κ3) is 9.35. The molecule has 2 saturated heterocycles. The lowest BCUT2D eigenvalue weighted by Gasteiger charge is -2.40. The number of nitrogens with one attached hydrogen (secondary N) is 1. The number of fused-ring (bicyclic) bond motifs is 1. The number of carbonyl (C=O) groups excluding carboxylic acids is 1. The van der Waals surface area contributed by atoms with Crippen LogP contribution in [0.15, 0.2) is 59.5 Å². The molecule has 2 aromatic carbocycles. The maximum atomic E-state index is 14.2. The quantitative estimate of drug-likeness (QED) is 0.163. The molecule has 2 aromatic rings. The molecule has 0 aliphatic carbocycles. The van der Waals surface area contributed by atoms with Gasteiger partial charge in [-0.25, -0.2) is 18.0 Å². The van der Waals surface area contributed by atoms with E-state index in [0.29, 0.717) is 38.1 Å². The zero-order chi connectivity index (χ0) is 34.4. The van der Waals surface area contributed by atoms with E-state index in [1.165, 1.54) is 38.4 Å². The summed E-state index contributed by atoms with van der Waals surface area (Å²) in [6, 6.07) is 13.3. The molecule has 260 valence electrons. The topological polar surface area (TPSA) is 175 Å².